The summed E-state index contributed by atoms with van der Waals surface area (Å²) in [6, 6.07) is 10.2. The third-order valence-electron chi connectivity index (χ3n) is 5.56. The summed E-state index contributed by atoms with van der Waals surface area (Å²) in [4.78, 5) is 27.6. The van der Waals surface area contributed by atoms with Gasteiger partial charge in [0, 0.05) is 26.2 Å². The standard InChI is InChI=1S/C21H25N3O5S2/c25-20(16-5-3-9-24(15-16)31(27,28)19-8-4-14-30-19)22-18-7-2-1-6-17(18)21(26)23-10-12-29-13-11-23/h1-2,4,6-8,14,16H,3,5,9-13,15H2,(H,22,25)/t16-/m1/s1. The Morgan fingerprint density at radius 2 is 1.84 bits per heavy atom. The number of piperidine rings is 1. The lowest BCUT2D eigenvalue weighted by Crippen LogP contribution is -2.44. The molecule has 0 spiro atoms. The number of amides is 2. The van der Waals surface area contributed by atoms with Gasteiger partial charge in [-0.3, -0.25) is 9.59 Å². The second kappa shape index (κ2) is 9.47. The van der Waals surface area contributed by atoms with Crippen molar-refractivity contribution in [1.82, 2.24) is 9.21 Å². The summed E-state index contributed by atoms with van der Waals surface area (Å²) in [6.07, 6.45) is 1.21. The highest BCUT2D eigenvalue weighted by Crippen LogP contribution is 2.27. The van der Waals surface area contributed by atoms with Gasteiger partial charge in [0.2, 0.25) is 5.91 Å². The molecule has 2 saturated heterocycles. The molecular weight excluding hydrogens is 438 g/mol. The molecular formula is C21H25N3O5S2. The Bertz CT molecular complexity index is 1030. The van der Waals surface area contributed by atoms with E-state index in [2.05, 4.69) is 5.32 Å². The van der Waals surface area contributed by atoms with Crippen LogP contribution in [0, 0.1) is 5.92 Å². The Kier molecular flexibility index (Phi) is 6.71. The predicted octanol–water partition coefficient (Wildman–Crippen LogP) is 2.26. The second-order valence-corrected chi connectivity index (χ2v) is 10.7. The van der Waals surface area contributed by atoms with Gasteiger partial charge in [-0.05, 0) is 36.4 Å². The zero-order valence-corrected chi connectivity index (χ0v) is 18.7. The maximum absolute atomic E-state index is 13.0. The normalized spacial score (nSPS) is 20.4. The smallest absolute Gasteiger partial charge is 0.256 e. The number of rotatable bonds is 5. The monoisotopic (exact) mass is 463 g/mol. The molecule has 2 fully saturated rings. The number of hydrogen-bond acceptors (Lipinski definition) is 6. The SMILES string of the molecule is O=C(Nc1ccccc1C(=O)N1CCOCC1)[C@@H]1CCCN(S(=O)(=O)c2cccs2)C1. The first-order chi connectivity index (χ1) is 15.0. The number of nitrogens with one attached hydrogen (secondary N) is 1. The van der Waals surface area contributed by atoms with Crippen molar-refractivity contribution < 1.29 is 22.7 Å². The number of nitrogens with zero attached hydrogens (tertiary/aromatic N) is 2. The first-order valence-electron chi connectivity index (χ1n) is 10.3. The Morgan fingerprint density at radius 1 is 1.06 bits per heavy atom. The van der Waals surface area contributed by atoms with E-state index in [9.17, 15) is 18.0 Å². The molecule has 10 heteroatoms. The lowest BCUT2D eigenvalue weighted by atomic mass is 9.98. The number of ether oxygens (including phenoxy) is 1. The van der Waals surface area contributed by atoms with Crippen LogP contribution < -0.4 is 5.32 Å². The number of benzene rings is 1. The van der Waals surface area contributed by atoms with E-state index in [0.717, 1.165) is 0 Å². The third-order valence-corrected chi connectivity index (χ3v) is 8.80. The Balaban J connectivity index is 1.47. The van der Waals surface area contributed by atoms with E-state index in [1.54, 1.807) is 46.7 Å². The summed E-state index contributed by atoms with van der Waals surface area (Å²) in [7, 11) is -3.59. The van der Waals surface area contributed by atoms with Crippen LogP contribution in [0.2, 0.25) is 0 Å². The van der Waals surface area contributed by atoms with Gasteiger partial charge in [0.1, 0.15) is 4.21 Å². The van der Waals surface area contributed by atoms with Gasteiger partial charge in [-0.2, -0.15) is 4.31 Å². The molecule has 1 aromatic heterocycles. The van der Waals surface area contributed by atoms with Gasteiger partial charge in [-0.25, -0.2) is 8.42 Å². The molecule has 4 rings (SSSR count). The average molecular weight is 464 g/mol. The molecule has 1 N–H and O–H groups in total. The molecule has 0 saturated carbocycles. The molecule has 3 heterocycles. The lowest BCUT2D eigenvalue weighted by Gasteiger charge is -2.31. The number of anilines is 1. The average Bonchev–Trinajstić information content (AvgIpc) is 3.36. The molecule has 0 radical (unpaired) electrons. The molecule has 31 heavy (non-hydrogen) atoms. The first kappa shape index (κ1) is 21.9. The van der Waals surface area contributed by atoms with Crippen LogP contribution in [0.5, 0.6) is 0 Å². The van der Waals surface area contributed by atoms with E-state index < -0.39 is 15.9 Å². The zero-order chi connectivity index (χ0) is 21.8. The molecule has 0 unspecified atom stereocenters. The van der Waals surface area contributed by atoms with Crippen LogP contribution in [0.15, 0.2) is 46.0 Å². The Morgan fingerprint density at radius 3 is 2.58 bits per heavy atom. The van der Waals surface area contributed by atoms with Crippen molar-refractivity contribution in [3.8, 4) is 0 Å². The third kappa shape index (κ3) is 4.82. The number of morpholine rings is 1. The van der Waals surface area contributed by atoms with Crippen LogP contribution in [-0.4, -0.2) is 68.8 Å². The minimum atomic E-state index is -3.59. The van der Waals surface area contributed by atoms with Gasteiger partial charge < -0.3 is 15.0 Å². The summed E-state index contributed by atoms with van der Waals surface area (Å²) < 4.78 is 32.7. The van der Waals surface area contributed by atoms with E-state index >= 15 is 0 Å². The molecule has 0 bridgehead atoms. The lowest BCUT2D eigenvalue weighted by molar-refractivity contribution is -0.120. The summed E-state index contributed by atoms with van der Waals surface area (Å²) in [6.45, 7) is 2.55. The van der Waals surface area contributed by atoms with E-state index in [4.69, 9.17) is 4.74 Å². The molecule has 2 aliphatic heterocycles. The van der Waals surface area contributed by atoms with E-state index in [1.807, 2.05) is 0 Å². The van der Waals surface area contributed by atoms with Crippen molar-refractivity contribution in [2.24, 2.45) is 5.92 Å². The van der Waals surface area contributed by atoms with Crippen LogP contribution in [0.25, 0.3) is 0 Å². The Labute approximate surface area is 185 Å². The number of para-hydroxylation sites is 1. The molecule has 1 aromatic carbocycles. The molecule has 2 aromatic rings. The van der Waals surface area contributed by atoms with Crippen molar-refractivity contribution in [1.29, 1.82) is 0 Å². The van der Waals surface area contributed by atoms with E-state index in [0.29, 0.717) is 56.9 Å². The van der Waals surface area contributed by atoms with Crippen LogP contribution in [0.4, 0.5) is 5.69 Å². The van der Waals surface area contributed by atoms with Crippen molar-refractivity contribution in [2.75, 3.05) is 44.7 Å². The number of thiophene rings is 1. The highest BCUT2D eigenvalue weighted by Gasteiger charge is 2.34. The first-order valence-corrected chi connectivity index (χ1v) is 12.6. The van der Waals surface area contributed by atoms with Crippen molar-refractivity contribution in [3.63, 3.8) is 0 Å². The summed E-state index contributed by atoms with van der Waals surface area (Å²) in [5.41, 5.74) is 0.874. The highest BCUT2D eigenvalue weighted by molar-refractivity contribution is 7.91. The van der Waals surface area contributed by atoms with Crippen LogP contribution in [0.1, 0.15) is 23.2 Å². The quantitative estimate of drug-likeness (QED) is 0.734. The molecule has 8 nitrogen and oxygen atoms in total. The maximum atomic E-state index is 13.0. The minimum absolute atomic E-state index is 0.131. The molecule has 0 aliphatic carbocycles. The van der Waals surface area contributed by atoms with Gasteiger partial charge in [0.05, 0.1) is 30.4 Å². The number of sulfonamides is 1. The van der Waals surface area contributed by atoms with Gasteiger partial charge in [-0.1, -0.05) is 18.2 Å². The molecule has 166 valence electrons. The van der Waals surface area contributed by atoms with Crippen LogP contribution in [0.3, 0.4) is 0 Å². The largest absolute Gasteiger partial charge is 0.378 e. The van der Waals surface area contributed by atoms with Gasteiger partial charge >= 0.3 is 0 Å². The van der Waals surface area contributed by atoms with Crippen molar-refractivity contribution in [2.45, 2.75) is 17.1 Å². The topological polar surface area (TPSA) is 96.0 Å². The highest BCUT2D eigenvalue weighted by atomic mass is 32.2. The second-order valence-electron chi connectivity index (χ2n) is 7.57. The number of carbonyl (C=O) groups is 2. The van der Waals surface area contributed by atoms with Crippen molar-refractivity contribution >= 4 is 38.9 Å². The van der Waals surface area contributed by atoms with Crippen LogP contribution >= 0.6 is 11.3 Å². The predicted molar refractivity (Wildman–Crippen MR) is 118 cm³/mol. The molecule has 2 amide bonds. The molecule has 2 aliphatic rings. The molecule has 1 atom stereocenters. The fourth-order valence-electron chi connectivity index (χ4n) is 3.86. The number of carbonyl (C=O) groups excluding carboxylic acids is 2. The van der Waals surface area contributed by atoms with Gasteiger partial charge in [0.15, 0.2) is 0 Å². The fourth-order valence-corrected chi connectivity index (χ4v) is 6.53. The maximum Gasteiger partial charge on any atom is 0.256 e. The number of hydrogen-bond donors (Lipinski definition) is 1. The summed E-state index contributed by atoms with van der Waals surface area (Å²) >= 11 is 1.17. The van der Waals surface area contributed by atoms with E-state index in [1.165, 1.54) is 15.6 Å². The fraction of sp³-hybridized carbons (Fsp3) is 0.429. The van der Waals surface area contributed by atoms with Crippen molar-refractivity contribution in [3.05, 3.63) is 47.3 Å². The Hall–Kier alpha value is -2.27. The summed E-state index contributed by atoms with van der Waals surface area (Å²) in [5, 5.41) is 4.60. The van der Waals surface area contributed by atoms with Gasteiger partial charge in [0.25, 0.3) is 15.9 Å². The zero-order valence-electron chi connectivity index (χ0n) is 17.0. The van der Waals surface area contributed by atoms with E-state index in [-0.39, 0.29) is 22.6 Å². The minimum Gasteiger partial charge on any atom is -0.378 e. The summed E-state index contributed by atoms with van der Waals surface area (Å²) in [5.74, 6) is -0.895. The van der Waals surface area contributed by atoms with Crippen LogP contribution in [-0.2, 0) is 19.6 Å². The van der Waals surface area contributed by atoms with Gasteiger partial charge in [-0.15, -0.1) is 11.3 Å².